The first-order valence-electron chi connectivity index (χ1n) is 7.59. The zero-order valence-electron chi connectivity index (χ0n) is 12.2. The van der Waals surface area contributed by atoms with Crippen molar-refractivity contribution in [1.29, 1.82) is 0 Å². The molecule has 0 amide bonds. The maximum Gasteiger partial charge on any atom is 0.0650 e. The Morgan fingerprint density at radius 3 is 2.89 bits per heavy atom. The van der Waals surface area contributed by atoms with Crippen molar-refractivity contribution in [2.45, 2.75) is 70.9 Å². The summed E-state index contributed by atoms with van der Waals surface area (Å²) in [5, 5.41) is 14.7. The number of aromatic nitrogens is 2. The summed E-state index contributed by atoms with van der Waals surface area (Å²) in [5.41, 5.74) is 2.43. The normalized spacial score (nSPS) is 19.0. The molecule has 0 saturated carbocycles. The molecule has 2 atom stereocenters. The molecule has 0 saturated heterocycles. The zero-order valence-corrected chi connectivity index (χ0v) is 12.2. The van der Waals surface area contributed by atoms with Crippen LogP contribution in [-0.2, 0) is 6.42 Å². The second kappa shape index (κ2) is 6.90. The van der Waals surface area contributed by atoms with Gasteiger partial charge < -0.3 is 5.11 Å². The Morgan fingerprint density at radius 1 is 1.37 bits per heavy atom. The maximum absolute atomic E-state index is 10.2. The maximum atomic E-state index is 10.2. The third-order valence-corrected chi connectivity index (χ3v) is 4.03. The molecule has 0 spiro atoms. The molecule has 1 aromatic heterocycles. The minimum Gasteiger partial charge on any atom is -0.392 e. The lowest BCUT2D eigenvalue weighted by Gasteiger charge is -2.16. The molecule has 3 heteroatoms. The quantitative estimate of drug-likeness (QED) is 0.795. The van der Waals surface area contributed by atoms with E-state index in [4.69, 9.17) is 0 Å². The van der Waals surface area contributed by atoms with E-state index in [0.717, 1.165) is 18.5 Å². The van der Waals surface area contributed by atoms with Gasteiger partial charge in [-0.3, -0.25) is 4.68 Å². The first-order valence-corrected chi connectivity index (χ1v) is 7.59. The minimum atomic E-state index is -0.287. The van der Waals surface area contributed by atoms with Gasteiger partial charge >= 0.3 is 0 Å². The van der Waals surface area contributed by atoms with Crippen molar-refractivity contribution in [3.8, 4) is 0 Å². The van der Waals surface area contributed by atoms with Crippen molar-refractivity contribution in [3.05, 3.63) is 29.6 Å². The molecule has 1 heterocycles. The summed E-state index contributed by atoms with van der Waals surface area (Å²) < 4.78 is 2.00. The van der Waals surface area contributed by atoms with E-state index in [1.54, 1.807) is 0 Å². The average Bonchev–Trinajstić information content (AvgIpc) is 2.87. The van der Waals surface area contributed by atoms with Crippen molar-refractivity contribution in [2.75, 3.05) is 0 Å². The molecule has 1 aliphatic rings. The number of aliphatic hydroxyl groups is 1. The van der Waals surface area contributed by atoms with E-state index in [0.29, 0.717) is 12.5 Å². The Hall–Kier alpha value is -1.09. The lowest BCUT2D eigenvalue weighted by Crippen LogP contribution is -2.13. The number of aliphatic hydroxyl groups excluding tert-OH is 1. The molecule has 2 rings (SSSR count). The summed E-state index contributed by atoms with van der Waals surface area (Å²) in [4.78, 5) is 0. The summed E-state index contributed by atoms with van der Waals surface area (Å²) >= 11 is 0. The van der Waals surface area contributed by atoms with Crippen molar-refractivity contribution >= 4 is 0 Å². The lowest BCUT2D eigenvalue weighted by molar-refractivity contribution is 0.172. The highest BCUT2D eigenvalue weighted by Gasteiger charge is 2.13. The minimum absolute atomic E-state index is 0.287. The molecule has 0 aliphatic heterocycles. The van der Waals surface area contributed by atoms with Gasteiger partial charge in [0.25, 0.3) is 0 Å². The molecule has 0 bridgehead atoms. The van der Waals surface area contributed by atoms with Gasteiger partial charge in [-0.2, -0.15) is 5.10 Å². The number of rotatable bonds is 6. The third-order valence-electron chi connectivity index (χ3n) is 4.03. The van der Waals surface area contributed by atoms with Crippen LogP contribution in [0.15, 0.2) is 23.9 Å². The molecule has 1 N–H and O–H groups in total. The molecular weight excluding hydrogens is 236 g/mol. The first-order chi connectivity index (χ1) is 9.19. The molecule has 0 aromatic carbocycles. The second-order valence-corrected chi connectivity index (χ2v) is 5.71. The molecule has 1 aromatic rings. The van der Waals surface area contributed by atoms with Gasteiger partial charge in [-0.15, -0.1) is 0 Å². The van der Waals surface area contributed by atoms with Crippen LogP contribution < -0.4 is 0 Å². The number of allylic oxidation sites excluding steroid dienone is 1. The van der Waals surface area contributed by atoms with Crippen molar-refractivity contribution in [3.63, 3.8) is 0 Å². The predicted molar refractivity (Wildman–Crippen MR) is 78.1 cm³/mol. The van der Waals surface area contributed by atoms with Gasteiger partial charge in [-0.1, -0.05) is 18.6 Å². The molecule has 1 aliphatic carbocycles. The molecule has 2 unspecified atom stereocenters. The Bertz CT molecular complexity index is 422. The van der Waals surface area contributed by atoms with Crippen LogP contribution in [0.1, 0.15) is 64.1 Å². The van der Waals surface area contributed by atoms with E-state index in [-0.39, 0.29) is 6.10 Å². The van der Waals surface area contributed by atoms with Gasteiger partial charge in [0.15, 0.2) is 0 Å². The molecule has 0 fully saturated rings. The summed E-state index contributed by atoms with van der Waals surface area (Å²) in [7, 11) is 0. The topological polar surface area (TPSA) is 38.0 Å². The smallest absolute Gasteiger partial charge is 0.0650 e. The number of nitrogens with zero attached hydrogens (tertiary/aromatic N) is 2. The monoisotopic (exact) mass is 262 g/mol. The largest absolute Gasteiger partial charge is 0.392 e. The van der Waals surface area contributed by atoms with Crippen LogP contribution in [-0.4, -0.2) is 21.0 Å². The molecule has 3 nitrogen and oxygen atoms in total. The van der Waals surface area contributed by atoms with Crippen molar-refractivity contribution in [1.82, 2.24) is 9.78 Å². The number of hydrogen-bond donors (Lipinski definition) is 1. The number of hydrogen-bond acceptors (Lipinski definition) is 2. The van der Waals surface area contributed by atoms with Gasteiger partial charge in [0.05, 0.1) is 11.8 Å². The fourth-order valence-corrected chi connectivity index (χ4v) is 2.63. The summed E-state index contributed by atoms with van der Waals surface area (Å²) in [6.45, 7) is 4.33. The van der Waals surface area contributed by atoms with Crippen LogP contribution in [0.3, 0.4) is 0 Å². The zero-order chi connectivity index (χ0) is 13.7. The van der Waals surface area contributed by atoms with E-state index in [1.807, 2.05) is 16.9 Å². The second-order valence-electron chi connectivity index (χ2n) is 5.71. The highest BCUT2D eigenvalue weighted by molar-refractivity contribution is 5.08. The van der Waals surface area contributed by atoms with Crippen LogP contribution in [0.5, 0.6) is 0 Å². The van der Waals surface area contributed by atoms with Crippen LogP contribution in [0.25, 0.3) is 0 Å². The predicted octanol–water partition coefficient (Wildman–Crippen LogP) is 3.65. The van der Waals surface area contributed by atoms with E-state index >= 15 is 0 Å². The van der Waals surface area contributed by atoms with Gasteiger partial charge in [-0.05, 0) is 51.5 Å². The SMILES string of the molecule is CCC(C)n1ccc(CC(O)CC2=CCCCC2)n1. The Kier molecular flexibility index (Phi) is 5.20. The molecule has 0 radical (unpaired) electrons. The van der Waals surface area contributed by atoms with Crippen LogP contribution in [0.2, 0.25) is 0 Å². The summed E-state index contributed by atoms with van der Waals surface area (Å²) in [6, 6.07) is 2.47. The van der Waals surface area contributed by atoms with Crippen LogP contribution >= 0.6 is 0 Å². The van der Waals surface area contributed by atoms with Crippen molar-refractivity contribution in [2.24, 2.45) is 0 Å². The summed E-state index contributed by atoms with van der Waals surface area (Å²) in [6.07, 6.45) is 11.5. The van der Waals surface area contributed by atoms with E-state index in [9.17, 15) is 5.11 Å². The van der Waals surface area contributed by atoms with Gasteiger partial charge in [0.1, 0.15) is 0 Å². The highest BCUT2D eigenvalue weighted by Crippen LogP contribution is 2.22. The Balaban J connectivity index is 1.86. The molecule has 106 valence electrons. The highest BCUT2D eigenvalue weighted by atomic mass is 16.3. The first kappa shape index (κ1) is 14.3. The molecule has 19 heavy (non-hydrogen) atoms. The van der Waals surface area contributed by atoms with E-state index < -0.39 is 0 Å². The average molecular weight is 262 g/mol. The summed E-state index contributed by atoms with van der Waals surface area (Å²) in [5.74, 6) is 0. The lowest BCUT2D eigenvalue weighted by atomic mass is 9.94. The fourth-order valence-electron chi connectivity index (χ4n) is 2.63. The van der Waals surface area contributed by atoms with E-state index in [2.05, 4.69) is 25.0 Å². The fraction of sp³-hybridized carbons (Fsp3) is 0.688. The third kappa shape index (κ3) is 4.20. The van der Waals surface area contributed by atoms with E-state index in [1.165, 1.54) is 31.3 Å². The van der Waals surface area contributed by atoms with Crippen LogP contribution in [0.4, 0.5) is 0 Å². The van der Waals surface area contributed by atoms with Gasteiger partial charge in [0.2, 0.25) is 0 Å². The standard InChI is InChI=1S/C16H26N2O/c1-3-13(2)18-10-9-15(17-18)12-16(19)11-14-7-5-4-6-8-14/h7,9-10,13,16,19H,3-6,8,11-12H2,1-2H3. The van der Waals surface area contributed by atoms with Gasteiger partial charge in [-0.25, -0.2) is 0 Å². The van der Waals surface area contributed by atoms with Crippen molar-refractivity contribution < 1.29 is 5.11 Å². The Morgan fingerprint density at radius 2 is 2.21 bits per heavy atom. The van der Waals surface area contributed by atoms with Crippen LogP contribution in [0, 0.1) is 0 Å². The Labute approximate surface area is 116 Å². The van der Waals surface area contributed by atoms with Gasteiger partial charge in [0, 0.05) is 18.7 Å². The molecular formula is C16H26N2O.